The molecule has 0 saturated carbocycles. The second-order valence-corrected chi connectivity index (χ2v) is 9.64. The predicted molar refractivity (Wildman–Crippen MR) is 135 cm³/mol. The van der Waals surface area contributed by atoms with Crippen molar-refractivity contribution in [3.05, 3.63) is 24.3 Å². The average Bonchev–Trinajstić information content (AvgIpc) is 2.75. The molecule has 0 unspecified atom stereocenters. The number of hydrogen-bond acceptors (Lipinski definition) is 6. The molecule has 1 amide bonds. The van der Waals surface area contributed by atoms with E-state index < -0.39 is 9.05 Å². The maximum atomic E-state index is 11.6. The Labute approximate surface area is 203 Å². The van der Waals surface area contributed by atoms with Gasteiger partial charge in [0.05, 0.1) is 18.9 Å². The Kier molecular flexibility index (Phi) is 18.7. The molecule has 1 aromatic rings. The van der Waals surface area contributed by atoms with Gasteiger partial charge < -0.3 is 14.4 Å². The summed E-state index contributed by atoms with van der Waals surface area (Å²) in [5, 5.41) is 0. The summed E-state index contributed by atoms with van der Waals surface area (Å²) in [6.07, 6.45) is 11.7. The van der Waals surface area contributed by atoms with E-state index in [4.69, 9.17) is 22.8 Å². The van der Waals surface area contributed by atoms with Crippen LogP contribution in [0.5, 0.6) is 5.75 Å². The van der Waals surface area contributed by atoms with E-state index >= 15 is 0 Å². The third kappa shape index (κ3) is 19.4. The number of anilines is 1. The van der Waals surface area contributed by atoms with Gasteiger partial charge in [0.2, 0.25) is 6.41 Å². The first-order valence-corrected chi connectivity index (χ1v) is 13.9. The number of unbranched alkanes of at least 4 members (excludes halogenated alkanes) is 7. The predicted octanol–water partition coefficient (Wildman–Crippen LogP) is 5.19. The van der Waals surface area contributed by atoms with Crippen LogP contribution in [0.25, 0.3) is 0 Å². The fraction of sp³-hybridized carbons (Fsp3) is 0.652. The highest BCUT2D eigenvalue weighted by Crippen LogP contribution is 2.28. The van der Waals surface area contributed by atoms with E-state index in [1.54, 1.807) is 11.8 Å². The maximum absolute atomic E-state index is 11.6. The highest BCUT2D eigenvalue weighted by Gasteiger charge is 2.11. The Morgan fingerprint density at radius 3 is 2.18 bits per heavy atom. The molecule has 33 heavy (non-hydrogen) atoms. The van der Waals surface area contributed by atoms with Crippen LogP contribution in [-0.4, -0.2) is 45.5 Å². The zero-order valence-electron chi connectivity index (χ0n) is 19.8. The van der Waals surface area contributed by atoms with Crippen molar-refractivity contribution in [2.75, 3.05) is 24.7 Å². The van der Waals surface area contributed by atoms with Crippen LogP contribution in [0.2, 0.25) is 0 Å². The number of esters is 1. The number of hydrogen-bond donors (Lipinski definition) is 2. The monoisotopic (exact) mass is 505 g/mol. The standard InChI is InChI=1S/C23H37NO4.H2O3S2/c1-3-5-6-7-8-9-10-13-18-24(20-25)21-15-11-12-16-22(21)28-19-14-17-23(26)27-4-2;1-5(2,3)4/h11-12,15-16,20H,3-10,13-14,17-19H2,1-2H3;(H2,1,2,3,4). The van der Waals surface area contributed by atoms with Crippen molar-refractivity contribution in [2.45, 2.75) is 78.1 Å². The summed E-state index contributed by atoms with van der Waals surface area (Å²) in [5.74, 6) is 0.474. The molecule has 0 spiro atoms. The highest BCUT2D eigenvalue weighted by molar-refractivity contribution is 8.26. The summed E-state index contributed by atoms with van der Waals surface area (Å²) in [6, 6.07) is 7.57. The fourth-order valence-electron chi connectivity index (χ4n) is 3.09. The van der Waals surface area contributed by atoms with Gasteiger partial charge in [-0.05, 0) is 31.9 Å². The number of nitrogens with zero attached hydrogens (tertiary/aromatic N) is 1. The number of amides is 1. The smallest absolute Gasteiger partial charge is 0.305 e. The molecule has 190 valence electrons. The fourth-order valence-corrected chi connectivity index (χ4v) is 3.09. The molecule has 1 aromatic carbocycles. The van der Waals surface area contributed by atoms with Crippen LogP contribution in [0.1, 0.15) is 78.1 Å². The molecule has 0 bridgehead atoms. The van der Waals surface area contributed by atoms with Crippen molar-refractivity contribution in [1.82, 2.24) is 0 Å². The molecular formula is C23H39NO7S2. The van der Waals surface area contributed by atoms with Crippen LogP contribution in [0, 0.1) is 0 Å². The lowest BCUT2D eigenvalue weighted by Gasteiger charge is -2.21. The van der Waals surface area contributed by atoms with Crippen molar-refractivity contribution in [2.24, 2.45) is 0 Å². The van der Waals surface area contributed by atoms with E-state index in [0.29, 0.717) is 38.3 Å². The molecule has 0 atom stereocenters. The van der Waals surface area contributed by atoms with Gasteiger partial charge in [-0.1, -0.05) is 64.0 Å². The average molecular weight is 506 g/mol. The molecule has 0 fully saturated rings. The van der Waals surface area contributed by atoms with Crippen LogP contribution < -0.4 is 9.64 Å². The maximum Gasteiger partial charge on any atom is 0.305 e. The number of rotatable bonds is 17. The van der Waals surface area contributed by atoms with Gasteiger partial charge in [-0.2, -0.15) is 4.21 Å². The van der Waals surface area contributed by atoms with Crippen LogP contribution in [-0.2, 0) is 34.6 Å². The highest BCUT2D eigenvalue weighted by atomic mass is 32.9. The van der Waals surface area contributed by atoms with Gasteiger partial charge in [-0.15, -0.1) is 0 Å². The third-order valence-electron chi connectivity index (χ3n) is 4.64. The van der Waals surface area contributed by atoms with Crippen LogP contribution >= 0.6 is 0 Å². The Morgan fingerprint density at radius 1 is 1.03 bits per heavy atom. The number of para-hydroxylation sites is 2. The SMILES string of the molecule is CCCCCCCCCCN(C=O)c1ccccc1OCCCC(=O)OCC.O=S(O)(O)=S. The van der Waals surface area contributed by atoms with Gasteiger partial charge in [0.25, 0.3) is 9.05 Å². The van der Waals surface area contributed by atoms with E-state index in [1.807, 2.05) is 24.3 Å². The first-order chi connectivity index (χ1) is 15.7. The van der Waals surface area contributed by atoms with Gasteiger partial charge >= 0.3 is 5.97 Å². The molecule has 0 aliphatic heterocycles. The molecule has 10 heteroatoms. The molecule has 1 rings (SSSR count). The van der Waals surface area contributed by atoms with Gasteiger partial charge in [0.15, 0.2) is 0 Å². The molecule has 0 heterocycles. The van der Waals surface area contributed by atoms with Crippen molar-refractivity contribution >= 4 is 38.3 Å². The van der Waals surface area contributed by atoms with Crippen molar-refractivity contribution in [3.8, 4) is 5.75 Å². The first-order valence-electron chi connectivity index (χ1n) is 11.5. The van der Waals surface area contributed by atoms with Crippen molar-refractivity contribution in [1.29, 1.82) is 0 Å². The first kappa shape index (κ1) is 31.2. The lowest BCUT2D eigenvalue weighted by Crippen LogP contribution is -2.23. The Hall–Kier alpha value is -1.75. The number of benzene rings is 1. The van der Waals surface area contributed by atoms with Gasteiger partial charge in [-0.25, -0.2) is 0 Å². The Morgan fingerprint density at radius 2 is 1.61 bits per heavy atom. The summed E-state index contributed by atoms with van der Waals surface area (Å²) in [5.41, 5.74) is 0.789. The molecule has 8 nitrogen and oxygen atoms in total. The summed E-state index contributed by atoms with van der Waals surface area (Å²) in [6.45, 7) is 5.54. The van der Waals surface area contributed by atoms with E-state index in [-0.39, 0.29) is 5.97 Å². The Balaban J connectivity index is 0.00000184. The lowest BCUT2D eigenvalue weighted by atomic mass is 10.1. The molecule has 0 aliphatic rings. The molecule has 0 aliphatic carbocycles. The van der Waals surface area contributed by atoms with Gasteiger partial charge in [0, 0.05) is 24.2 Å². The van der Waals surface area contributed by atoms with Crippen LogP contribution in [0.15, 0.2) is 24.3 Å². The zero-order valence-corrected chi connectivity index (χ0v) is 21.4. The summed E-state index contributed by atoms with van der Waals surface area (Å²) in [7, 11) is -3.83. The van der Waals surface area contributed by atoms with E-state index in [2.05, 4.69) is 18.1 Å². The third-order valence-corrected chi connectivity index (χ3v) is 4.64. The number of carbonyl (C=O) groups is 2. The number of ether oxygens (including phenoxy) is 2. The van der Waals surface area contributed by atoms with Gasteiger partial charge in [-0.3, -0.25) is 18.7 Å². The quantitative estimate of drug-likeness (QED) is 0.169. The molecular weight excluding hydrogens is 466 g/mol. The zero-order chi connectivity index (χ0) is 25.0. The molecule has 2 N–H and O–H groups in total. The summed E-state index contributed by atoms with van der Waals surface area (Å²) < 4.78 is 34.7. The Bertz CT molecular complexity index is 749. The van der Waals surface area contributed by atoms with Crippen molar-refractivity contribution in [3.63, 3.8) is 0 Å². The topological polar surface area (TPSA) is 113 Å². The van der Waals surface area contributed by atoms with E-state index in [9.17, 15) is 9.59 Å². The minimum atomic E-state index is -3.83. The lowest BCUT2D eigenvalue weighted by molar-refractivity contribution is -0.143. The van der Waals surface area contributed by atoms with Crippen LogP contribution in [0.3, 0.4) is 0 Å². The number of carbonyl (C=O) groups excluding carboxylic acids is 2. The van der Waals surface area contributed by atoms with E-state index in [1.165, 1.54) is 38.5 Å². The summed E-state index contributed by atoms with van der Waals surface area (Å²) in [4.78, 5) is 24.7. The van der Waals surface area contributed by atoms with E-state index in [0.717, 1.165) is 24.9 Å². The second-order valence-electron chi connectivity index (χ2n) is 7.45. The molecule has 0 saturated heterocycles. The minimum Gasteiger partial charge on any atom is -0.491 e. The molecule has 0 radical (unpaired) electrons. The summed E-state index contributed by atoms with van der Waals surface area (Å²) >= 11 is 3.47. The van der Waals surface area contributed by atoms with Crippen molar-refractivity contribution < 1.29 is 32.4 Å². The largest absolute Gasteiger partial charge is 0.491 e. The normalized spacial score (nSPS) is 10.7. The van der Waals surface area contributed by atoms with Gasteiger partial charge in [0.1, 0.15) is 5.75 Å². The second kappa shape index (κ2) is 19.7. The van der Waals surface area contributed by atoms with Crippen LogP contribution in [0.4, 0.5) is 5.69 Å². The molecule has 0 aromatic heterocycles. The minimum absolute atomic E-state index is 0.205.